The lowest BCUT2D eigenvalue weighted by atomic mass is 9.80. The summed E-state index contributed by atoms with van der Waals surface area (Å²) in [5.41, 5.74) is -0.999. The molecule has 1 rings (SSSR count). The first-order chi connectivity index (χ1) is 6.19. The van der Waals surface area contributed by atoms with E-state index in [-0.39, 0.29) is 5.78 Å². The van der Waals surface area contributed by atoms with E-state index in [9.17, 15) is 9.90 Å². The monoisotopic (exact) mass is 182 g/mol. The summed E-state index contributed by atoms with van der Waals surface area (Å²) in [7, 11) is 0. The van der Waals surface area contributed by atoms with Crippen molar-refractivity contribution in [2.45, 2.75) is 50.5 Å². The van der Waals surface area contributed by atoms with E-state index in [2.05, 4.69) is 6.58 Å². The van der Waals surface area contributed by atoms with E-state index < -0.39 is 5.60 Å². The van der Waals surface area contributed by atoms with Crippen molar-refractivity contribution in [1.82, 2.24) is 0 Å². The van der Waals surface area contributed by atoms with Crippen LogP contribution in [0, 0.1) is 0 Å². The van der Waals surface area contributed by atoms with Crippen LogP contribution in [0.5, 0.6) is 0 Å². The summed E-state index contributed by atoms with van der Waals surface area (Å²) in [4.78, 5) is 11.6. The van der Waals surface area contributed by atoms with E-state index in [1.807, 2.05) is 0 Å². The third-order valence-electron chi connectivity index (χ3n) is 2.78. The molecule has 13 heavy (non-hydrogen) atoms. The molecule has 0 aromatic rings. The number of hydrogen-bond donors (Lipinski definition) is 1. The maximum atomic E-state index is 11.6. The van der Waals surface area contributed by atoms with Crippen LogP contribution in [0.3, 0.4) is 0 Å². The number of allylic oxidation sites excluding steroid dienone is 1. The first kappa shape index (κ1) is 10.5. The molecule has 1 aliphatic carbocycles. The second-order valence-electron chi connectivity index (χ2n) is 3.84. The average Bonchev–Trinajstić information content (AvgIpc) is 2.15. The summed E-state index contributed by atoms with van der Waals surface area (Å²) in [5, 5.41) is 9.98. The van der Waals surface area contributed by atoms with E-state index in [0.29, 0.717) is 25.7 Å². The minimum Gasteiger partial charge on any atom is -0.382 e. The van der Waals surface area contributed by atoms with Crippen LogP contribution < -0.4 is 0 Å². The molecular formula is C11H18O2. The van der Waals surface area contributed by atoms with Gasteiger partial charge in [0.1, 0.15) is 5.60 Å². The number of Topliss-reactive ketones (excluding diaryl/α,β-unsaturated/α-hetero) is 1. The number of hydrogen-bond acceptors (Lipinski definition) is 2. The Morgan fingerprint density at radius 3 is 2.54 bits per heavy atom. The Kier molecular flexibility index (Phi) is 3.67. The second kappa shape index (κ2) is 4.56. The van der Waals surface area contributed by atoms with Crippen molar-refractivity contribution in [2.75, 3.05) is 0 Å². The van der Waals surface area contributed by atoms with Gasteiger partial charge in [0, 0.05) is 6.42 Å². The van der Waals surface area contributed by atoms with E-state index in [0.717, 1.165) is 19.3 Å². The zero-order valence-electron chi connectivity index (χ0n) is 8.09. The van der Waals surface area contributed by atoms with Gasteiger partial charge in [0.05, 0.1) is 0 Å². The molecule has 1 N–H and O–H groups in total. The van der Waals surface area contributed by atoms with Crippen LogP contribution in [-0.4, -0.2) is 16.5 Å². The number of carbonyl (C=O) groups is 1. The summed E-state index contributed by atoms with van der Waals surface area (Å²) in [6.45, 7) is 3.57. The van der Waals surface area contributed by atoms with Crippen molar-refractivity contribution in [2.24, 2.45) is 0 Å². The van der Waals surface area contributed by atoms with Gasteiger partial charge in [-0.3, -0.25) is 4.79 Å². The zero-order valence-corrected chi connectivity index (χ0v) is 8.09. The van der Waals surface area contributed by atoms with Gasteiger partial charge in [-0.2, -0.15) is 0 Å². The number of rotatable bonds is 4. The molecule has 74 valence electrons. The molecule has 1 saturated carbocycles. The molecule has 0 aliphatic heterocycles. The molecule has 0 saturated heterocycles. The molecule has 0 heterocycles. The van der Waals surface area contributed by atoms with Gasteiger partial charge < -0.3 is 5.11 Å². The van der Waals surface area contributed by atoms with Crippen LogP contribution in [0.2, 0.25) is 0 Å². The Balaban J connectivity index is 2.46. The molecule has 1 fully saturated rings. The van der Waals surface area contributed by atoms with Crippen molar-refractivity contribution >= 4 is 5.78 Å². The zero-order chi connectivity index (χ0) is 9.73. The minimum absolute atomic E-state index is 0.00657. The highest BCUT2D eigenvalue weighted by Crippen LogP contribution is 2.29. The predicted molar refractivity (Wildman–Crippen MR) is 52.5 cm³/mol. The number of ketones is 1. The molecular weight excluding hydrogens is 164 g/mol. The maximum Gasteiger partial charge on any atom is 0.164 e. The highest BCUT2D eigenvalue weighted by molar-refractivity contribution is 5.87. The van der Waals surface area contributed by atoms with E-state index in [4.69, 9.17) is 0 Å². The topological polar surface area (TPSA) is 37.3 Å². The fraction of sp³-hybridized carbons (Fsp3) is 0.727. The smallest absolute Gasteiger partial charge is 0.164 e. The van der Waals surface area contributed by atoms with Crippen molar-refractivity contribution in [3.8, 4) is 0 Å². The Morgan fingerprint density at radius 1 is 1.38 bits per heavy atom. The van der Waals surface area contributed by atoms with Crippen molar-refractivity contribution in [3.63, 3.8) is 0 Å². The molecule has 0 bridgehead atoms. The van der Waals surface area contributed by atoms with E-state index in [1.54, 1.807) is 6.08 Å². The van der Waals surface area contributed by atoms with Gasteiger partial charge in [0.15, 0.2) is 5.78 Å². The molecule has 1 aliphatic rings. The Bertz CT molecular complexity index is 190. The summed E-state index contributed by atoms with van der Waals surface area (Å²) in [6.07, 6.45) is 7.28. The lowest BCUT2D eigenvalue weighted by Crippen LogP contribution is -2.40. The normalized spacial score (nSPS) is 21.0. The van der Waals surface area contributed by atoms with Crippen LogP contribution in [0.15, 0.2) is 12.7 Å². The summed E-state index contributed by atoms with van der Waals surface area (Å²) >= 11 is 0. The van der Waals surface area contributed by atoms with Gasteiger partial charge >= 0.3 is 0 Å². The summed E-state index contributed by atoms with van der Waals surface area (Å²) < 4.78 is 0. The first-order valence-electron chi connectivity index (χ1n) is 5.05. The second-order valence-corrected chi connectivity index (χ2v) is 3.84. The summed E-state index contributed by atoms with van der Waals surface area (Å²) in [5.74, 6) is 0.00657. The van der Waals surface area contributed by atoms with Crippen LogP contribution in [0.25, 0.3) is 0 Å². The first-order valence-corrected chi connectivity index (χ1v) is 5.05. The fourth-order valence-electron chi connectivity index (χ4n) is 1.88. The lowest BCUT2D eigenvalue weighted by Gasteiger charge is -2.30. The minimum atomic E-state index is -0.999. The Labute approximate surface area is 79.6 Å². The average molecular weight is 182 g/mol. The fourth-order valence-corrected chi connectivity index (χ4v) is 1.88. The molecule has 0 aromatic carbocycles. The number of aliphatic hydroxyl groups is 1. The standard InChI is InChI=1S/C11H18O2/c1-2-3-7-10(12)11(13)8-5-4-6-9-11/h2,13H,1,3-9H2. The van der Waals surface area contributed by atoms with Crippen molar-refractivity contribution in [3.05, 3.63) is 12.7 Å². The Morgan fingerprint density at radius 2 is 2.00 bits per heavy atom. The van der Waals surface area contributed by atoms with Crippen LogP contribution in [-0.2, 0) is 4.79 Å². The maximum absolute atomic E-state index is 11.6. The van der Waals surface area contributed by atoms with Gasteiger partial charge in [-0.15, -0.1) is 6.58 Å². The van der Waals surface area contributed by atoms with Crippen LogP contribution in [0.1, 0.15) is 44.9 Å². The van der Waals surface area contributed by atoms with Crippen LogP contribution >= 0.6 is 0 Å². The highest BCUT2D eigenvalue weighted by Gasteiger charge is 2.35. The third kappa shape index (κ3) is 2.66. The van der Waals surface area contributed by atoms with Crippen LogP contribution in [0.4, 0.5) is 0 Å². The summed E-state index contributed by atoms with van der Waals surface area (Å²) in [6, 6.07) is 0. The SMILES string of the molecule is C=CCCC(=O)C1(O)CCCCC1. The van der Waals surface area contributed by atoms with E-state index >= 15 is 0 Å². The largest absolute Gasteiger partial charge is 0.382 e. The molecule has 2 heteroatoms. The van der Waals surface area contributed by atoms with E-state index in [1.165, 1.54) is 0 Å². The third-order valence-corrected chi connectivity index (χ3v) is 2.78. The van der Waals surface area contributed by atoms with Crippen molar-refractivity contribution < 1.29 is 9.90 Å². The molecule has 2 nitrogen and oxygen atoms in total. The van der Waals surface area contributed by atoms with Gasteiger partial charge in [0.2, 0.25) is 0 Å². The van der Waals surface area contributed by atoms with Gasteiger partial charge in [-0.05, 0) is 19.3 Å². The molecule has 0 radical (unpaired) electrons. The van der Waals surface area contributed by atoms with Gasteiger partial charge in [-0.1, -0.05) is 25.3 Å². The van der Waals surface area contributed by atoms with Gasteiger partial charge in [-0.25, -0.2) is 0 Å². The Hall–Kier alpha value is -0.630. The van der Waals surface area contributed by atoms with Crippen molar-refractivity contribution in [1.29, 1.82) is 0 Å². The highest BCUT2D eigenvalue weighted by atomic mass is 16.3. The lowest BCUT2D eigenvalue weighted by molar-refractivity contribution is -0.140. The molecule has 0 spiro atoms. The quantitative estimate of drug-likeness (QED) is 0.677. The predicted octanol–water partition coefficient (Wildman–Crippen LogP) is 2.22. The molecule has 0 amide bonds. The van der Waals surface area contributed by atoms with Gasteiger partial charge in [0.25, 0.3) is 0 Å². The number of carbonyl (C=O) groups excluding carboxylic acids is 1. The molecule has 0 unspecified atom stereocenters. The molecule has 0 aromatic heterocycles. The molecule has 0 atom stereocenters.